The van der Waals surface area contributed by atoms with Gasteiger partial charge in [-0.15, -0.1) is 0 Å². The van der Waals surface area contributed by atoms with Crippen LogP contribution in [0.3, 0.4) is 0 Å². The SMILES string of the molecule is CC(C)[C@H](N)C(=O)NCC(C)(C)COS(=O)(=O)CCCS(=O)(=O)O. The topological polar surface area (TPSA) is 153 Å². The van der Waals surface area contributed by atoms with Gasteiger partial charge in [-0.05, 0) is 12.3 Å². The zero-order valence-electron chi connectivity index (χ0n) is 14.5. The zero-order valence-corrected chi connectivity index (χ0v) is 16.1. The van der Waals surface area contributed by atoms with E-state index in [1.54, 1.807) is 13.8 Å². The number of nitrogens with one attached hydrogen (secondary N) is 1. The van der Waals surface area contributed by atoms with Crippen LogP contribution in [-0.2, 0) is 29.2 Å². The van der Waals surface area contributed by atoms with E-state index < -0.39 is 43.2 Å². The summed E-state index contributed by atoms with van der Waals surface area (Å²) in [6, 6.07) is -0.647. The Labute approximate surface area is 144 Å². The summed E-state index contributed by atoms with van der Waals surface area (Å²) in [5.74, 6) is -1.52. The van der Waals surface area contributed by atoms with E-state index in [0.29, 0.717) is 0 Å². The average Bonchev–Trinajstić information content (AvgIpc) is 2.40. The maximum Gasteiger partial charge on any atom is 0.267 e. The number of carbonyl (C=O) groups excluding carboxylic acids is 1. The number of nitrogens with two attached hydrogens (primary N) is 1. The summed E-state index contributed by atoms with van der Waals surface area (Å²) in [7, 11) is -8.12. The molecule has 0 rings (SSSR count). The molecular weight excluding hydrogens is 360 g/mol. The Bertz CT molecular complexity index is 612. The first-order valence-electron chi connectivity index (χ1n) is 7.51. The van der Waals surface area contributed by atoms with Gasteiger partial charge in [0.1, 0.15) is 0 Å². The number of amides is 1. The van der Waals surface area contributed by atoms with Crippen LogP contribution in [0.25, 0.3) is 0 Å². The second-order valence-electron chi connectivity index (χ2n) is 6.82. The molecule has 0 bridgehead atoms. The molecule has 0 aliphatic rings. The lowest BCUT2D eigenvalue weighted by Gasteiger charge is -2.26. The van der Waals surface area contributed by atoms with E-state index >= 15 is 0 Å². The molecular formula is C13H28N2O7S2. The highest BCUT2D eigenvalue weighted by molar-refractivity contribution is 7.87. The van der Waals surface area contributed by atoms with Gasteiger partial charge in [0, 0.05) is 12.0 Å². The van der Waals surface area contributed by atoms with Crippen molar-refractivity contribution in [2.45, 2.75) is 40.2 Å². The Hall–Kier alpha value is -0.750. The van der Waals surface area contributed by atoms with Crippen molar-refractivity contribution in [1.29, 1.82) is 0 Å². The largest absolute Gasteiger partial charge is 0.354 e. The van der Waals surface area contributed by atoms with Crippen molar-refractivity contribution >= 4 is 26.1 Å². The van der Waals surface area contributed by atoms with Crippen LogP contribution < -0.4 is 11.1 Å². The first kappa shape index (κ1) is 23.2. The molecule has 0 fully saturated rings. The molecule has 0 unspecified atom stereocenters. The number of rotatable bonds is 11. The third kappa shape index (κ3) is 10.9. The molecule has 9 nitrogen and oxygen atoms in total. The second-order valence-corrected chi connectivity index (χ2v) is 10.1. The Balaban J connectivity index is 4.38. The van der Waals surface area contributed by atoms with Gasteiger partial charge in [0.05, 0.1) is 24.2 Å². The monoisotopic (exact) mass is 388 g/mol. The van der Waals surface area contributed by atoms with Crippen LogP contribution in [0.4, 0.5) is 0 Å². The highest BCUT2D eigenvalue weighted by Crippen LogP contribution is 2.16. The van der Waals surface area contributed by atoms with Crippen molar-refractivity contribution in [2.24, 2.45) is 17.1 Å². The average molecular weight is 389 g/mol. The molecule has 11 heteroatoms. The Morgan fingerprint density at radius 2 is 1.75 bits per heavy atom. The van der Waals surface area contributed by atoms with Gasteiger partial charge in [0.15, 0.2) is 0 Å². The fourth-order valence-electron chi connectivity index (χ4n) is 1.52. The summed E-state index contributed by atoms with van der Waals surface area (Å²) >= 11 is 0. The Morgan fingerprint density at radius 1 is 1.21 bits per heavy atom. The molecule has 0 spiro atoms. The van der Waals surface area contributed by atoms with Crippen LogP contribution in [0.15, 0.2) is 0 Å². The minimum atomic E-state index is -4.20. The lowest BCUT2D eigenvalue weighted by molar-refractivity contribution is -0.123. The van der Waals surface area contributed by atoms with Crippen LogP contribution >= 0.6 is 0 Å². The van der Waals surface area contributed by atoms with Gasteiger partial charge < -0.3 is 11.1 Å². The molecule has 144 valence electrons. The smallest absolute Gasteiger partial charge is 0.267 e. The summed E-state index contributed by atoms with van der Waals surface area (Å²) in [6.07, 6.45) is -0.262. The minimum absolute atomic E-state index is 0.0208. The Morgan fingerprint density at radius 3 is 2.21 bits per heavy atom. The number of carbonyl (C=O) groups is 1. The predicted octanol–water partition coefficient (Wildman–Crippen LogP) is -0.264. The molecule has 0 aromatic heterocycles. The molecule has 24 heavy (non-hydrogen) atoms. The summed E-state index contributed by atoms with van der Waals surface area (Å²) in [5, 5.41) is 2.65. The van der Waals surface area contributed by atoms with Crippen molar-refractivity contribution in [3.63, 3.8) is 0 Å². The van der Waals surface area contributed by atoms with Gasteiger partial charge in [-0.25, -0.2) is 0 Å². The maximum absolute atomic E-state index is 11.8. The van der Waals surface area contributed by atoms with Crippen molar-refractivity contribution in [3.05, 3.63) is 0 Å². The first-order chi connectivity index (χ1) is 10.7. The van der Waals surface area contributed by atoms with Gasteiger partial charge in [-0.2, -0.15) is 16.8 Å². The van der Waals surface area contributed by atoms with Gasteiger partial charge in [-0.3, -0.25) is 13.5 Å². The van der Waals surface area contributed by atoms with E-state index in [0.717, 1.165) is 0 Å². The van der Waals surface area contributed by atoms with E-state index in [4.69, 9.17) is 14.5 Å². The molecule has 0 aromatic carbocycles. The molecule has 0 aromatic rings. The van der Waals surface area contributed by atoms with E-state index in [9.17, 15) is 21.6 Å². The minimum Gasteiger partial charge on any atom is -0.354 e. The van der Waals surface area contributed by atoms with Crippen LogP contribution in [0.1, 0.15) is 34.1 Å². The summed E-state index contributed by atoms with van der Waals surface area (Å²) in [6.45, 7) is 7.05. The molecule has 1 atom stereocenters. The molecule has 1 amide bonds. The first-order valence-corrected chi connectivity index (χ1v) is 10.7. The molecule has 0 aliphatic carbocycles. The fraction of sp³-hybridized carbons (Fsp3) is 0.923. The van der Waals surface area contributed by atoms with Gasteiger partial charge >= 0.3 is 0 Å². The second kappa shape index (κ2) is 9.09. The van der Waals surface area contributed by atoms with Crippen LogP contribution in [-0.4, -0.2) is 58.0 Å². The quantitative estimate of drug-likeness (QED) is 0.323. The predicted molar refractivity (Wildman–Crippen MR) is 90.4 cm³/mol. The molecule has 0 heterocycles. The standard InChI is InChI=1S/C13H28N2O7S2/c1-10(2)11(14)12(16)15-8-13(3,4)9-22-24(20,21)7-5-6-23(17,18)19/h10-11H,5-9,14H2,1-4H3,(H,15,16)(H,17,18,19)/t11-/m0/s1. The van der Waals surface area contributed by atoms with E-state index in [1.807, 2.05) is 13.8 Å². The van der Waals surface area contributed by atoms with Crippen molar-refractivity contribution < 1.29 is 30.4 Å². The fourth-order valence-corrected chi connectivity index (χ4v) is 3.33. The Kier molecular flexibility index (Phi) is 8.80. The highest BCUT2D eigenvalue weighted by atomic mass is 32.2. The van der Waals surface area contributed by atoms with Crippen molar-refractivity contribution in [1.82, 2.24) is 5.32 Å². The third-order valence-electron chi connectivity index (χ3n) is 3.19. The molecule has 0 saturated heterocycles. The molecule has 0 aliphatic heterocycles. The van der Waals surface area contributed by atoms with E-state index in [2.05, 4.69) is 5.32 Å². The van der Waals surface area contributed by atoms with Crippen molar-refractivity contribution in [3.8, 4) is 0 Å². The third-order valence-corrected chi connectivity index (χ3v) is 5.26. The van der Waals surface area contributed by atoms with Crippen LogP contribution in [0, 0.1) is 11.3 Å². The summed E-state index contributed by atoms with van der Waals surface area (Å²) in [4.78, 5) is 11.8. The summed E-state index contributed by atoms with van der Waals surface area (Å²) in [5.41, 5.74) is 5.05. The van der Waals surface area contributed by atoms with Crippen molar-refractivity contribution in [2.75, 3.05) is 24.7 Å². The molecule has 4 N–H and O–H groups in total. The van der Waals surface area contributed by atoms with Crippen LogP contribution in [0.2, 0.25) is 0 Å². The highest BCUT2D eigenvalue weighted by Gasteiger charge is 2.25. The lowest BCUT2D eigenvalue weighted by Crippen LogP contribution is -2.47. The van der Waals surface area contributed by atoms with E-state index in [1.165, 1.54) is 0 Å². The number of hydrogen-bond donors (Lipinski definition) is 3. The lowest BCUT2D eigenvalue weighted by atomic mass is 9.94. The maximum atomic E-state index is 11.8. The number of hydrogen-bond acceptors (Lipinski definition) is 7. The van der Waals surface area contributed by atoms with E-state index in [-0.39, 0.29) is 31.4 Å². The normalized spacial score (nSPS) is 14.6. The van der Waals surface area contributed by atoms with Gasteiger partial charge in [0.2, 0.25) is 5.91 Å². The van der Waals surface area contributed by atoms with Gasteiger partial charge in [0.25, 0.3) is 20.2 Å². The van der Waals surface area contributed by atoms with Gasteiger partial charge in [-0.1, -0.05) is 27.7 Å². The molecule has 0 saturated carbocycles. The zero-order chi connectivity index (χ0) is 19.2. The summed E-state index contributed by atoms with van der Waals surface area (Å²) < 4.78 is 57.9. The van der Waals surface area contributed by atoms with Crippen LogP contribution in [0.5, 0.6) is 0 Å². The molecule has 0 radical (unpaired) electrons.